The number of hydrogen-bond acceptors (Lipinski definition) is 2. The highest BCUT2D eigenvalue weighted by molar-refractivity contribution is 4.70. The van der Waals surface area contributed by atoms with Crippen LogP contribution in [0.2, 0.25) is 0 Å². The minimum Gasteiger partial charge on any atom is -0.373 e. The second-order valence-corrected chi connectivity index (χ2v) is 5.08. The lowest BCUT2D eigenvalue weighted by atomic mass is 10.1. The molecule has 0 aromatic rings. The number of ether oxygens (including phenoxy) is 1. The minimum absolute atomic E-state index is 0.0414. The quantitative estimate of drug-likeness (QED) is 0.406. The molecule has 0 aliphatic rings. The molecule has 0 radical (unpaired) electrons. The van der Waals surface area contributed by atoms with E-state index in [0.717, 1.165) is 45.1 Å². The molecule has 0 fully saturated rings. The molecule has 1 unspecified atom stereocenters. The van der Waals surface area contributed by atoms with Crippen molar-refractivity contribution in [3.05, 3.63) is 0 Å². The van der Waals surface area contributed by atoms with Gasteiger partial charge in [0.05, 0.1) is 6.61 Å². The summed E-state index contributed by atoms with van der Waals surface area (Å²) in [5, 5.41) is 3.20. The highest BCUT2D eigenvalue weighted by Crippen LogP contribution is 2.23. The van der Waals surface area contributed by atoms with Crippen molar-refractivity contribution in [2.75, 3.05) is 19.8 Å². The maximum atomic E-state index is 12.7. The number of halogens is 4. The van der Waals surface area contributed by atoms with Gasteiger partial charge in [0, 0.05) is 6.04 Å². The van der Waals surface area contributed by atoms with Crippen LogP contribution in [0.25, 0.3) is 0 Å². The van der Waals surface area contributed by atoms with Crippen LogP contribution < -0.4 is 5.32 Å². The van der Waals surface area contributed by atoms with Crippen molar-refractivity contribution in [1.82, 2.24) is 5.32 Å². The Hall–Kier alpha value is -0.360. The second-order valence-electron chi connectivity index (χ2n) is 5.08. The maximum Gasteiger partial charge on any atom is 0.330 e. The Balaban J connectivity index is 3.96. The van der Waals surface area contributed by atoms with Crippen LogP contribution in [0.1, 0.15) is 52.4 Å². The Kier molecular flexibility index (Phi) is 11.1. The van der Waals surface area contributed by atoms with Crippen molar-refractivity contribution in [1.29, 1.82) is 0 Å². The monoisotopic (exact) mass is 301 g/mol. The van der Waals surface area contributed by atoms with Gasteiger partial charge in [0.25, 0.3) is 0 Å². The molecule has 1 atom stereocenters. The maximum absolute atomic E-state index is 12.7. The van der Waals surface area contributed by atoms with E-state index in [1.807, 2.05) is 6.92 Å². The molecule has 0 rings (SSSR count). The second kappa shape index (κ2) is 11.3. The van der Waals surface area contributed by atoms with Gasteiger partial charge in [0.1, 0.15) is 6.61 Å². The first-order valence-corrected chi connectivity index (χ1v) is 7.41. The van der Waals surface area contributed by atoms with E-state index in [1.54, 1.807) is 0 Å². The highest BCUT2D eigenvalue weighted by atomic mass is 19.3. The molecular weight excluding hydrogens is 274 g/mol. The van der Waals surface area contributed by atoms with Gasteiger partial charge in [-0.25, -0.2) is 8.78 Å². The lowest BCUT2D eigenvalue weighted by molar-refractivity contribution is -0.167. The summed E-state index contributed by atoms with van der Waals surface area (Å²) in [5.41, 5.74) is 0. The van der Waals surface area contributed by atoms with Crippen molar-refractivity contribution >= 4 is 0 Å². The summed E-state index contributed by atoms with van der Waals surface area (Å²) in [7, 11) is 0. The lowest BCUT2D eigenvalue weighted by Crippen LogP contribution is -2.38. The zero-order valence-electron chi connectivity index (χ0n) is 12.4. The van der Waals surface area contributed by atoms with Gasteiger partial charge in [0.15, 0.2) is 0 Å². The molecule has 2 nitrogen and oxygen atoms in total. The van der Waals surface area contributed by atoms with Gasteiger partial charge in [-0.2, -0.15) is 8.78 Å². The number of unbranched alkanes of at least 4 members (excludes halogenated alkanes) is 3. The number of nitrogens with one attached hydrogen (secondary N) is 1. The van der Waals surface area contributed by atoms with Crippen LogP contribution in [0.5, 0.6) is 0 Å². The van der Waals surface area contributed by atoms with Crippen LogP contribution >= 0.6 is 0 Å². The van der Waals surface area contributed by atoms with Crippen molar-refractivity contribution in [3.8, 4) is 0 Å². The molecular formula is C14H27F4NO. The Morgan fingerprint density at radius 1 is 1.05 bits per heavy atom. The number of alkyl halides is 4. The van der Waals surface area contributed by atoms with Crippen molar-refractivity contribution in [2.24, 2.45) is 0 Å². The van der Waals surface area contributed by atoms with E-state index in [1.165, 1.54) is 0 Å². The van der Waals surface area contributed by atoms with Gasteiger partial charge in [0.2, 0.25) is 0 Å². The zero-order valence-corrected chi connectivity index (χ0v) is 12.4. The van der Waals surface area contributed by atoms with Crippen LogP contribution in [-0.4, -0.2) is 38.1 Å². The lowest BCUT2D eigenvalue weighted by Gasteiger charge is -2.21. The van der Waals surface area contributed by atoms with E-state index in [-0.39, 0.29) is 12.6 Å². The number of rotatable bonds is 13. The first-order valence-electron chi connectivity index (χ1n) is 7.41. The Bertz CT molecular complexity index is 227. The van der Waals surface area contributed by atoms with Crippen molar-refractivity contribution < 1.29 is 22.3 Å². The third-order valence-corrected chi connectivity index (χ3v) is 3.02. The minimum atomic E-state index is -4.06. The smallest absolute Gasteiger partial charge is 0.330 e. The standard InChI is InChI=1S/C14H27F4NO/c1-3-5-6-7-8-12(19-9-4-2)10-20-11-14(17,18)13(15)16/h12-13,19H,3-11H2,1-2H3. The molecule has 0 spiro atoms. The van der Waals surface area contributed by atoms with Crippen LogP contribution in [-0.2, 0) is 4.74 Å². The highest BCUT2D eigenvalue weighted by Gasteiger charge is 2.41. The molecule has 6 heteroatoms. The van der Waals surface area contributed by atoms with E-state index < -0.39 is 19.0 Å². The molecule has 20 heavy (non-hydrogen) atoms. The average molecular weight is 301 g/mol. The Morgan fingerprint density at radius 3 is 2.30 bits per heavy atom. The summed E-state index contributed by atoms with van der Waals surface area (Å²) in [5.74, 6) is -4.06. The molecule has 0 bridgehead atoms. The fourth-order valence-electron chi connectivity index (χ4n) is 1.81. The summed E-state index contributed by atoms with van der Waals surface area (Å²) < 4.78 is 54.2. The fourth-order valence-corrected chi connectivity index (χ4v) is 1.81. The van der Waals surface area contributed by atoms with Gasteiger partial charge in [-0.05, 0) is 19.4 Å². The van der Waals surface area contributed by atoms with E-state index >= 15 is 0 Å². The molecule has 1 N–H and O–H groups in total. The van der Waals surface area contributed by atoms with Gasteiger partial charge < -0.3 is 10.1 Å². The summed E-state index contributed by atoms with van der Waals surface area (Å²) in [6, 6.07) is -0.0414. The largest absolute Gasteiger partial charge is 0.373 e. The van der Waals surface area contributed by atoms with Crippen LogP contribution in [0.15, 0.2) is 0 Å². The fraction of sp³-hybridized carbons (Fsp3) is 1.00. The molecule has 0 aliphatic carbocycles. The summed E-state index contributed by atoms with van der Waals surface area (Å²) >= 11 is 0. The molecule has 0 aliphatic heterocycles. The number of hydrogen-bond donors (Lipinski definition) is 1. The van der Waals surface area contributed by atoms with E-state index in [2.05, 4.69) is 12.2 Å². The van der Waals surface area contributed by atoms with Gasteiger partial charge in [-0.3, -0.25) is 0 Å². The van der Waals surface area contributed by atoms with Crippen molar-refractivity contribution in [3.63, 3.8) is 0 Å². The molecule has 0 aromatic carbocycles. The predicted octanol–water partition coefficient (Wildman–Crippen LogP) is 4.24. The summed E-state index contributed by atoms with van der Waals surface area (Å²) in [6.07, 6.45) is 2.43. The molecule has 0 saturated carbocycles. The Morgan fingerprint density at radius 2 is 1.75 bits per heavy atom. The van der Waals surface area contributed by atoms with E-state index in [4.69, 9.17) is 4.74 Å². The zero-order chi connectivity index (χ0) is 15.4. The van der Waals surface area contributed by atoms with Crippen LogP contribution in [0, 0.1) is 0 Å². The van der Waals surface area contributed by atoms with Gasteiger partial charge in [-0.15, -0.1) is 0 Å². The third kappa shape index (κ3) is 9.53. The normalized spacial score (nSPS) is 13.9. The van der Waals surface area contributed by atoms with E-state index in [0.29, 0.717) is 0 Å². The summed E-state index contributed by atoms with van der Waals surface area (Å²) in [4.78, 5) is 0. The van der Waals surface area contributed by atoms with Crippen LogP contribution in [0.4, 0.5) is 17.6 Å². The Labute approximate surface area is 119 Å². The average Bonchev–Trinajstić information content (AvgIpc) is 2.39. The molecule has 122 valence electrons. The van der Waals surface area contributed by atoms with Crippen molar-refractivity contribution in [2.45, 2.75) is 70.8 Å². The van der Waals surface area contributed by atoms with Gasteiger partial charge in [-0.1, -0.05) is 39.5 Å². The first-order chi connectivity index (χ1) is 9.44. The van der Waals surface area contributed by atoms with E-state index in [9.17, 15) is 17.6 Å². The topological polar surface area (TPSA) is 21.3 Å². The van der Waals surface area contributed by atoms with Crippen LogP contribution in [0.3, 0.4) is 0 Å². The SMILES string of the molecule is CCCCCCC(COCC(F)(F)C(F)F)NCCC. The third-order valence-electron chi connectivity index (χ3n) is 3.02. The molecule has 0 heterocycles. The first kappa shape index (κ1) is 19.6. The summed E-state index contributed by atoms with van der Waals surface area (Å²) in [6.45, 7) is 3.72. The molecule has 0 amide bonds. The predicted molar refractivity (Wildman–Crippen MR) is 72.6 cm³/mol. The van der Waals surface area contributed by atoms with Gasteiger partial charge >= 0.3 is 12.3 Å². The molecule has 0 saturated heterocycles. The molecule has 0 aromatic heterocycles.